The molecule has 3 heteroatoms. The fraction of sp³-hybridized carbons (Fsp3) is 0.667. The summed E-state index contributed by atoms with van der Waals surface area (Å²) in [5.41, 5.74) is 2.46. The van der Waals surface area contributed by atoms with E-state index in [0.717, 1.165) is 24.0 Å². The van der Waals surface area contributed by atoms with Gasteiger partial charge in [0.15, 0.2) is 0 Å². The maximum atomic E-state index is 5.74. The molecule has 1 aliphatic rings. The first-order valence-electron chi connectivity index (χ1n) is 8.02. The van der Waals surface area contributed by atoms with E-state index in [1.165, 1.54) is 37.1 Å². The summed E-state index contributed by atoms with van der Waals surface area (Å²) in [5, 5.41) is 0. The van der Waals surface area contributed by atoms with Crippen molar-refractivity contribution in [1.82, 2.24) is 4.90 Å². The summed E-state index contributed by atoms with van der Waals surface area (Å²) < 4.78 is 11.3. The Bertz CT molecular complexity index is 471. The van der Waals surface area contributed by atoms with Gasteiger partial charge in [-0.1, -0.05) is 26.8 Å². The van der Waals surface area contributed by atoms with Gasteiger partial charge in [-0.3, -0.25) is 4.90 Å². The maximum Gasteiger partial charge on any atom is 0.130 e. The normalized spacial score (nSPS) is 19.8. The van der Waals surface area contributed by atoms with Crippen molar-refractivity contribution in [2.24, 2.45) is 5.92 Å². The Morgan fingerprint density at radius 3 is 2.57 bits per heavy atom. The summed E-state index contributed by atoms with van der Waals surface area (Å²) in [7, 11) is 3.50. The van der Waals surface area contributed by atoms with Crippen LogP contribution in [0.5, 0.6) is 11.5 Å². The van der Waals surface area contributed by atoms with Crippen molar-refractivity contribution < 1.29 is 9.47 Å². The monoisotopic (exact) mass is 291 g/mol. The van der Waals surface area contributed by atoms with Crippen molar-refractivity contribution in [3.05, 3.63) is 23.3 Å². The van der Waals surface area contributed by atoms with Crippen molar-refractivity contribution in [2.45, 2.75) is 46.1 Å². The number of hydrogen-bond donors (Lipinski definition) is 0. The van der Waals surface area contributed by atoms with Crippen molar-refractivity contribution in [2.75, 3.05) is 27.3 Å². The molecule has 0 spiro atoms. The SMILES string of the molecule is COc1ccc(CN2CCCC(C)C2)c(OC)c1C(C)C. The lowest BCUT2D eigenvalue weighted by molar-refractivity contribution is 0.174. The van der Waals surface area contributed by atoms with Crippen LogP contribution in [0.4, 0.5) is 0 Å². The molecule has 0 aromatic heterocycles. The number of rotatable bonds is 5. The fourth-order valence-corrected chi connectivity index (χ4v) is 3.39. The molecule has 1 fully saturated rings. The first-order chi connectivity index (χ1) is 10.1. The van der Waals surface area contributed by atoms with Crippen molar-refractivity contribution in [3.8, 4) is 11.5 Å². The Labute approximate surface area is 129 Å². The van der Waals surface area contributed by atoms with Crippen LogP contribution in [0.25, 0.3) is 0 Å². The number of hydrogen-bond acceptors (Lipinski definition) is 3. The largest absolute Gasteiger partial charge is 0.496 e. The van der Waals surface area contributed by atoms with Crippen LogP contribution in [-0.4, -0.2) is 32.2 Å². The van der Waals surface area contributed by atoms with Gasteiger partial charge in [-0.15, -0.1) is 0 Å². The molecular formula is C18H29NO2. The summed E-state index contributed by atoms with van der Waals surface area (Å²) >= 11 is 0. The second kappa shape index (κ2) is 7.17. The molecular weight excluding hydrogens is 262 g/mol. The quantitative estimate of drug-likeness (QED) is 0.816. The van der Waals surface area contributed by atoms with E-state index in [-0.39, 0.29) is 0 Å². The molecule has 1 aliphatic heterocycles. The number of piperidine rings is 1. The van der Waals surface area contributed by atoms with E-state index in [2.05, 4.69) is 37.8 Å². The highest BCUT2D eigenvalue weighted by atomic mass is 16.5. The lowest BCUT2D eigenvalue weighted by Crippen LogP contribution is -2.33. The number of ether oxygens (including phenoxy) is 2. The highest BCUT2D eigenvalue weighted by molar-refractivity contribution is 5.51. The summed E-state index contributed by atoms with van der Waals surface area (Å²) in [6.45, 7) is 10.1. The third kappa shape index (κ3) is 3.70. The Kier molecular flexibility index (Phi) is 5.51. The number of likely N-dealkylation sites (tertiary alicyclic amines) is 1. The van der Waals surface area contributed by atoms with Crippen LogP contribution in [0.1, 0.15) is 50.7 Å². The predicted octanol–water partition coefficient (Wildman–Crippen LogP) is 4.06. The van der Waals surface area contributed by atoms with Crippen LogP contribution in [0.2, 0.25) is 0 Å². The maximum absolute atomic E-state index is 5.74. The van der Waals surface area contributed by atoms with Crippen molar-refractivity contribution in [3.63, 3.8) is 0 Å². The highest BCUT2D eigenvalue weighted by Crippen LogP contribution is 2.38. The molecule has 1 aromatic carbocycles. The average Bonchev–Trinajstić information content (AvgIpc) is 2.46. The van der Waals surface area contributed by atoms with Gasteiger partial charge in [-0.05, 0) is 37.3 Å². The first kappa shape index (κ1) is 16.2. The van der Waals surface area contributed by atoms with Crippen LogP contribution in [0.3, 0.4) is 0 Å². The zero-order valence-corrected chi connectivity index (χ0v) is 14.1. The average molecular weight is 291 g/mol. The summed E-state index contributed by atoms with van der Waals surface area (Å²) in [6.07, 6.45) is 2.66. The summed E-state index contributed by atoms with van der Waals surface area (Å²) in [4.78, 5) is 2.54. The Morgan fingerprint density at radius 2 is 2.00 bits per heavy atom. The molecule has 1 heterocycles. The number of benzene rings is 1. The van der Waals surface area contributed by atoms with Gasteiger partial charge in [0.05, 0.1) is 14.2 Å². The number of nitrogens with zero attached hydrogens (tertiary/aromatic N) is 1. The molecule has 0 radical (unpaired) electrons. The minimum atomic E-state index is 0.384. The van der Waals surface area contributed by atoms with Gasteiger partial charge in [0, 0.05) is 24.2 Å². The van der Waals surface area contributed by atoms with Crippen LogP contribution in [0.15, 0.2) is 12.1 Å². The van der Waals surface area contributed by atoms with Gasteiger partial charge in [0.2, 0.25) is 0 Å². The molecule has 0 saturated carbocycles. The smallest absolute Gasteiger partial charge is 0.130 e. The standard InChI is InChI=1S/C18H29NO2/c1-13(2)17-16(20-4)9-8-15(18(17)21-5)12-19-10-6-7-14(3)11-19/h8-9,13-14H,6-7,10-12H2,1-5H3. The van der Waals surface area contributed by atoms with E-state index in [9.17, 15) is 0 Å². The van der Waals surface area contributed by atoms with Gasteiger partial charge >= 0.3 is 0 Å². The molecule has 2 rings (SSSR count). The van der Waals surface area contributed by atoms with E-state index >= 15 is 0 Å². The Morgan fingerprint density at radius 1 is 1.24 bits per heavy atom. The van der Waals surface area contributed by atoms with Crippen molar-refractivity contribution in [1.29, 1.82) is 0 Å². The second-order valence-electron chi connectivity index (χ2n) is 6.51. The molecule has 1 aromatic rings. The van der Waals surface area contributed by atoms with E-state index in [4.69, 9.17) is 9.47 Å². The molecule has 1 saturated heterocycles. The molecule has 0 bridgehead atoms. The zero-order valence-electron chi connectivity index (χ0n) is 14.1. The lowest BCUT2D eigenvalue weighted by Gasteiger charge is -2.31. The number of methoxy groups -OCH3 is 2. The molecule has 1 atom stereocenters. The highest BCUT2D eigenvalue weighted by Gasteiger charge is 2.21. The lowest BCUT2D eigenvalue weighted by atomic mass is 9.96. The summed E-state index contributed by atoms with van der Waals surface area (Å²) in [6, 6.07) is 4.24. The molecule has 3 nitrogen and oxygen atoms in total. The van der Waals surface area contributed by atoms with E-state index in [1.54, 1.807) is 14.2 Å². The topological polar surface area (TPSA) is 21.7 Å². The Hall–Kier alpha value is -1.22. The molecule has 0 amide bonds. The fourth-order valence-electron chi connectivity index (χ4n) is 3.39. The molecule has 1 unspecified atom stereocenters. The van der Waals surface area contributed by atoms with Crippen LogP contribution in [-0.2, 0) is 6.54 Å². The third-order valence-electron chi connectivity index (χ3n) is 4.37. The summed E-state index contributed by atoms with van der Waals surface area (Å²) in [5.74, 6) is 3.11. The second-order valence-corrected chi connectivity index (χ2v) is 6.51. The third-order valence-corrected chi connectivity index (χ3v) is 4.37. The van der Waals surface area contributed by atoms with Crippen molar-refractivity contribution >= 4 is 0 Å². The van der Waals surface area contributed by atoms with E-state index in [1.807, 2.05) is 0 Å². The molecule has 0 aliphatic carbocycles. The van der Waals surface area contributed by atoms with Crippen LogP contribution >= 0.6 is 0 Å². The first-order valence-corrected chi connectivity index (χ1v) is 8.02. The molecule has 118 valence electrons. The zero-order chi connectivity index (χ0) is 15.4. The van der Waals surface area contributed by atoms with Crippen LogP contribution < -0.4 is 9.47 Å². The minimum absolute atomic E-state index is 0.384. The minimum Gasteiger partial charge on any atom is -0.496 e. The van der Waals surface area contributed by atoms with Gasteiger partial charge in [-0.2, -0.15) is 0 Å². The van der Waals surface area contributed by atoms with E-state index < -0.39 is 0 Å². The van der Waals surface area contributed by atoms with Gasteiger partial charge < -0.3 is 9.47 Å². The Balaban J connectivity index is 2.28. The van der Waals surface area contributed by atoms with Gasteiger partial charge in [0.25, 0.3) is 0 Å². The van der Waals surface area contributed by atoms with Gasteiger partial charge in [0.1, 0.15) is 11.5 Å². The predicted molar refractivity (Wildman–Crippen MR) is 87.3 cm³/mol. The molecule has 21 heavy (non-hydrogen) atoms. The van der Waals surface area contributed by atoms with Gasteiger partial charge in [-0.25, -0.2) is 0 Å². The van der Waals surface area contributed by atoms with E-state index in [0.29, 0.717) is 5.92 Å². The van der Waals surface area contributed by atoms with Crippen LogP contribution in [0, 0.1) is 5.92 Å². The molecule has 0 N–H and O–H groups in total.